The van der Waals surface area contributed by atoms with Gasteiger partial charge in [0.1, 0.15) is 11.3 Å². The SMILES string of the molecule is CC(C)(C)OC(=O)N1CCCC1(CO)NC(=O)O. The van der Waals surface area contributed by atoms with Crippen molar-refractivity contribution in [1.29, 1.82) is 0 Å². The highest BCUT2D eigenvalue weighted by atomic mass is 16.6. The minimum atomic E-state index is -1.28. The van der Waals surface area contributed by atoms with Gasteiger partial charge in [0.2, 0.25) is 0 Å². The predicted octanol–water partition coefficient (Wildman–Crippen LogP) is 0.974. The molecule has 1 aliphatic heterocycles. The summed E-state index contributed by atoms with van der Waals surface area (Å²) in [6.45, 7) is 5.07. The number of ether oxygens (including phenoxy) is 1. The van der Waals surface area contributed by atoms with Gasteiger partial charge in [0.05, 0.1) is 6.61 Å². The van der Waals surface area contributed by atoms with Gasteiger partial charge in [-0.2, -0.15) is 0 Å². The largest absolute Gasteiger partial charge is 0.465 e. The van der Waals surface area contributed by atoms with E-state index in [1.165, 1.54) is 4.90 Å². The lowest BCUT2D eigenvalue weighted by Crippen LogP contribution is -2.61. The van der Waals surface area contributed by atoms with Gasteiger partial charge in [-0.15, -0.1) is 0 Å². The van der Waals surface area contributed by atoms with Crippen LogP contribution in [-0.2, 0) is 4.74 Å². The summed E-state index contributed by atoms with van der Waals surface area (Å²) >= 11 is 0. The van der Waals surface area contributed by atoms with Crippen molar-refractivity contribution in [2.24, 2.45) is 0 Å². The van der Waals surface area contributed by atoms with Crippen molar-refractivity contribution in [3.63, 3.8) is 0 Å². The Labute approximate surface area is 106 Å². The fraction of sp³-hybridized carbons (Fsp3) is 0.818. The topological polar surface area (TPSA) is 99.1 Å². The van der Waals surface area contributed by atoms with Gasteiger partial charge in [-0.1, -0.05) is 0 Å². The third-order valence-electron chi connectivity index (χ3n) is 2.70. The van der Waals surface area contributed by atoms with Crippen LogP contribution in [0.1, 0.15) is 33.6 Å². The Hall–Kier alpha value is -1.50. The molecule has 0 saturated carbocycles. The van der Waals surface area contributed by atoms with Crippen LogP contribution in [0.4, 0.5) is 9.59 Å². The van der Waals surface area contributed by atoms with E-state index in [-0.39, 0.29) is 0 Å². The molecule has 1 unspecified atom stereocenters. The van der Waals surface area contributed by atoms with Crippen LogP contribution in [0.3, 0.4) is 0 Å². The molecule has 0 spiro atoms. The number of amides is 2. The summed E-state index contributed by atoms with van der Waals surface area (Å²) < 4.78 is 5.20. The maximum atomic E-state index is 12.0. The van der Waals surface area contributed by atoms with E-state index >= 15 is 0 Å². The first kappa shape index (κ1) is 14.6. The second kappa shape index (κ2) is 5.01. The summed E-state index contributed by atoms with van der Waals surface area (Å²) in [6, 6.07) is 0. The van der Waals surface area contributed by atoms with Crippen molar-refractivity contribution in [3.05, 3.63) is 0 Å². The van der Waals surface area contributed by atoms with Gasteiger partial charge < -0.3 is 14.9 Å². The summed E-state index contributed by atoms with van der Waals surface area (Å²) in [5.41, 5.74) is -1.93. The Kier molecular flexibility index (Phi) is 4.05. The second-order valence-corrected chi connectivity index (χ2v) is 5.36. The maximum absolute atomic E-state index is 12.0. The van der Waals surface area contributed by atoms with Crippen molar-refractivity contribution < 1.29 is 24.5 Å². The van der Waals surface area contributed by atoms with Crippen LogP contribution in [0.25, 0.3) is 0 Å². The standard InChI is InChI=1S/C11H20N2O5/c1-10(2,3)18-9(17)13-6-4-5-11(13,7-14)12-8(15)16/h12,14H,4-7H2,1-3H3,(H,15,16). The number of nitrogens with one attached hydrogen (secondary N) is 1. The average molecular weight is 260 g/mol. The van der Waals surface area contributed by atoms with E-state index in [1.54, 1.807) is 20.8 Å². The number of aliphatic hydroxyl groups excluding tert-OH is 1. The number of carbonyl (C=O) groups is 2. The van der Waals surface area contributed by atoms with Crippen molar-refractivity contribution in [3.8, 4) is 0 Å². The van der Waals surface area contributed by atoms with Crippen LogP contribution in [0.15, 0.2) is 0 Å². The molecule has 0 aliphatic carbocycles. The first-order chi connectivity index (χ1) is 8.20. The van der Waals surface area contributed by atoms with Crippen molar-refractivity contribution in [1.82, 2.24) is 10.2 Å². The van der Waals surface area contributed by atoms with Gasteiger partial charge in [0, 0.05) is 6.54 Å². The van der Waals surface area contributed by atoms with E-state index in [4.69, 9.17) is 9.84 Å². The Balaban J connectivity index is 2.85. The number of hydrogen-bond acceptors (Lipinski definition) is 4. The number of carbonyl (C=O) groups excluding carboxylic acids is 1. The Morgan fingerprint density at radius 2 is 2.06 bits per heavy atom. The zero-order valence-electron chi connectivity index (χ0n) is 10.9. The molecule has 0 bridgehead atoms. The summed E-state index contributed by atoms with van der Waals surface area (Å²) in [5, 5.41) is 20.4. The first-order valence-electron chi connectivity index (χ1n) is 5.83. The molecule has 7 nitrogen and oxygen atoms in total. The van der Waals surface area contributed by atoms with E-state index in [9.17, 15) is 14.7 Å². The molecule has 0 aromatic rings. The lowest BCUT2D eigenvalue weighted by atomic mass is 10.1. The molecule has 0 aromatic carbocycles. The molecule has 1 rings (SSSR count). The minimum absolute atomic E-state index is 0.357. The monoisotopic (exact) mass is 260 g/mol. The highest BCUT2D eigenvalue weighted by Gasteiger charge is 2.46. The fourth-order valence-electron chi connectivity index (χ4n) is 1.99. The van der Waals surface area contributed by atoms with Gasteiger partial charge in [-0.3, -0.25) is 10.2 Å². The number of aliphatic hydroxyl groups is 1. The first-order valence-corrected chi connectivity index (χ1v) is 5.83. The van der Waals surface area contributed by atoms with Crippen LogP contribution in [0.2, 0.25) is 0 Å². The van der Waals surface area contributed by atoms with Crippen molar-refractivity contribution >= 4 is 12.2 Å². The number of rotatable bonds is 2. The molecular weight excluding hydrogens is 240 g/mol. The molecule has 0 radical (unpaired) electrons. The molecule has 1 saturated heterocycles. The summed E-state index contributed by atoms with van der Waals surface area (Å²) in [7, 11) is 0. The second-order valence-electron chi connectivity index (χ2n) is 5.36. The van der Waals surface area contributed by atoms with Crippen molar-refractivity contribution in [2.75, 3.05) is 13.2 Å². The van der Waals surface area contributed by atoms with Crippen LogP contribution in [0.5, 0.6) is 0 Å². The molecule has 0 aromatic heterocycles. The predicted molar refractivity (Wildman–Crippen MR) is 63.2 cm³/mol. The zero-order chi connectivity index (χ0) is 14.0. The highest BCUT2D eigenvalue weighted by Crippen LogP contribution is 2.28. The summed E-state index contributed by atoms with van der Waals surface area (Å²) in [4.78, 5) is 24.0. The number of likely N-dealkylation sites (tertiary alicyclic amines) is 1. The lowest BCUT2D eigenvalue weighted by Gasteiger charge is -2.37. The van der Waals surface area contributed by atoms with E-state index in [0.29, 0.717) is 19.4 Å². The molecule has 3 N–H and O–H groups in total. The highest BCUT2D eigenvalue weighted by molar-refractivity contribution is 5.72. The smallest absolute Gasteiger partial charge is 0.412 e. The van der Waals surface area contributed by atoms with Gasteiger partial charge in [0.25, 0.3) is 0 Å². The number of hydrogen-bond donors (Lipinski definition) is 3. The van der Waals surface area contributed by atoms with E-state index in [0.717, 1.165) is 0 Å². The molecule has 1 aliphatic rings. The molecule has 1 fully saturated rings. The molecule has 2 amide bonds. The normalized spacial score (nSPS) is 23.9. The Morgan fingerprint density at radius 3 is 2.50 bits per heavy atom. The van der Waals surface area contributed by atoms with Gasteiger partial charge >= 0.3 is 12.2 Å². The van der Waals surface area contributed by atoms with Crippen LogP contribution in [0, 0.1) is 0 Å². The Morgan fingerprint density at radius 1 is 1.44 bits per heavy atom. The number of carboxylic acid groups (broad SMARTS) is 1. The van der Waals surface area contributed by atoms with Gasteiger partial charge in [-0.05, 0) is 33.6 Å². The molecule has 104 valence electrons. The third-order valence-corrected chi connectivity index (χ3v) is 2.70. The molecular formula is C11H20N2O5. The third kappa shape index (κ3) is 3.25. The molecule has 18 heavy (non-hydrogen) atoms. The fourth-order valence-corrected chi connectivity index (χ4v) is 1.99. The average Bonchev–Trinajstić information content (AvgIpc) is 2.58. The zero-order valence-corrected chi connectivity index (χ0v) is 10.9. The van der Waals surface area contributed by atoms with E-state index in [2.05, 4.69) is 5.32 Å². The summed E-state index contributed by atoms with van der Waals surface area (Å²) in [5.74, 6) is 0. The van der Waals surface area contributed by atoms with Crippen LogP contribution < -0.4 is 5.32 Å². The molecule has 1 atom stereocenters. The molecule has 1 heterocycles. The lowest BCUT2D eigenvalue weighted by molar-refractivity contribution is -0.0127. The van der Waals surface area contributed by atoms with E-state index in [1.807, 2.05) is 0 Å². The molecule has 7 heteroatoms. The van der Waals surface area contributed by atoms with Gasteiger partial charge in [0.15, 0.2) is 0 Å². The van der Waals surface area contributed by atoms with Crippen LogP contribution >= 0.6 is 0 Å². The summed E-state index contributed by atoms with van der Waals surface area (Å²) in [6.07, 6.45) is -0.919. The maximum Gasteiger partial charge on any atom is 0.412 e. The van der Waals surface area contributed by atoms with Crippen molar-refractivity contribution in [2.45, 2.75) is 44.9 Å². The quantitative estimate of drug-likeness (QED) is 0.687. The van der Waals surface area contributed by atoms with Crippen LogP contribution in [-0.4, -0.2) is 51.7 Å². The number of nitrogens with zero attached hydrogens (tertiary/aromatic N) is 1. The van der Waals surface area contributed by atoms with E-state index < -0.39 is 30.1 Å². The Bertz CT molecular complexity index is 339. The van der Waals surface area contributed by atoms with Gasteiger partial charge in [-0.25, -0.2) is 9.59 Å². The minimum Gasteiger partial charge on any atom is -0.465 e.